The van der Waals surface area contributed by atoms with Crippen molar-refractivity contribution in [3.8, 4) is 0 Å². The quantitative estimate of drug-likeness (QED) is 0.286. The summed E-state index contributed by atoms with van der Waals surface area (Å²) < 4.78 is 17.9. The summed E-state index contributed by atoms with van der Waals surface area (Å²) >= 11 is 6.33. The maximum absolute atomic E-state index is 13.6. The first-order valence-electron chi connectivity index (χ1n) is 16.3. The Hall–Kier alpha value is -3.69. The topological polar surface area (TPSA) is 123 Å². The molecule has 2 aliphatic rings. The van der Waals surface area contributed by atoms with Gasteiger partial charge in [-0.25, -0.2) is 4.79 Å². The number of benzene rings is 2. The van der Waals surface area contributed by atoms with Crippen LogP contribution in [0.2, 0.25) is 5.02 Å². The first kappa shape index (κ1) is 36.2. The summed E-state index contributed by atoms with van der Waals surface area (Å²) in [5.74, 6) is -2.46. The number of amides is 2. The smallest absolute Gasteiger partial charge is 0.347 e. The second kappa shape index (κ2) is 15.5. The third-order valence-corrected chi connectivity index (χ3v) is 9.08. The standard InChI is InChI=1S/C37H47ClN2O7/c1-21(2)16-30-35(43)45-29(24(5)32-33(47-32)26-11-8-10-22(3)17-26)12-9-13-31(41)40-28(19-25-15-14-23(4)27(38)18-25)34(42)39-20-37(6,7)36(44)46-30/h8-11,13-15,17-18,21,24,28-30,32-33H,12,16,19-20H2,1-7H3,(H,39,42)(H,40,41)/b13-9+. The van der Waals surface area contributed by atoms with Gasteiger partial charge in [0.2, 0.25) is 11.8 Å². The lowest BCUT2D eigenvalue weighted by atomic mass is 9.92. The highest BCUT2D eigenvalue weighted by Gasteiger charge is 2.48. The number of esters is 2. The first-order chi connectivity index (χ1) is 22.1. The van der Waals surface area contributed by atoms with Crippen LogP contribution in [0.4, 0.5) is 0 Å². The third-order valence-electron chi connectivity index (χ3n) is 8.67. The van der Waals surface area contributed by atoms with E-state index in [4.69, 9.17) is 25.8 Å². The van der Waals surface area contributed by atoms with E-state index in [0.29, 0.717) is 5.02 Å². The van der Waals surface area contributed by atoms with Crippen LogP contribution in [0.1, 0.15) is 75.8 Å². The van der Waals surface area contributed by atoms with Crippen LogP contribution in [0.15, 0.2) is 54.6 Å². The van der Waals surface area contributed by atoms with Crippen LogP contribution in [0.25, 0.3) is 0 Å². The minimum atomic E-state index is -1.18. The summed E-state index contributed by atoms with van der Waals surface area (Å²) in [6, 6.07) is 12.6. The van der Waals surface area contributed by atoms with Crippen molar-refractivity contribution in [3.05, 3.63) is 81.9 Å². The molecule has 1 saturated heterocycles. The number of rotatable bonds is 7. The molecule has 2 heterocycles. The molecular weight excluding hydrogens is 620 g/mol. The van der Waals surface area contributed by atoms with Crippen LogP contribution in [0, 0.1) is 31.1 Å². The molecule has 10 heteroatoms. The summed E-state index contributed by atoms with van der Waals surface area (Å²) in [6.45, 7) is 12.9. The summed E-state index contributed by atoms with van der Waals surface area (Å²) in [5.41, 5.74) is 2.65. The molecule has 1 fully saturated rings. The van der Waals surface area contributed by atoms with Crippen LogP contribution in [-0.2, 0) is 39.8 Å². The molecule has 2 aliphatic heterocycles. The van der Waals surface area contributed by atoms with E-state index in [1.807, 2.05) is 65.0 Å². The van der Waals surface area contributed by atoms with Gasteiger partial charge in [-0.3, -0.25) is 14.4 Å². The number of aryl methyl sites for hydroxylation is 2. The Morgan fingerprint density at radius 1 is 1.00 bits per heavy atom. The predicted molar refractivity (Wildman–Crippen MR) is 180 cm³/mol. The first-order valence-corrected chi connectivity index (χ1v) is 16.7. The number of epoxide rings is 1. The van der Waals surface area contributed by atoms with Gasteiger partial charge in [0.25, 0.3) is 0 Å². The Morgan fingerprint density at radius 3 is 2.43 bits per heavy atom. The number of cyclic esters (lactones) is 2. The van der Waals surface area contributed by atoms with Crippen LogP contribution in [0.3, 0.4) is 0 Å². The number of hydrogen-bond acceptors (Lipinski definition) is 7. The zero-order valence-electron chi connectivity index (χ0n) is 28.3. The average Bonchev–Trinajstić information content (AvgIpc) is 3.80. The molecule has 2 amide bonds. The fourth-order valence-corrected chi connectivity index (χ4v) is 5.80. The Labute approximate surface area is 282 Å². The van der Waals surface area contributed by atoms with E-state index in [9.17, 15) is 19.2 Å². The van der Waals surface area contributed by atoms with Gasteiger partial charge in [0.1, 0.15) is 18.2 Å². The lowest BCUT2D eigenvalue weighted by Crippen LogP contribution is -2.51. The van der Waals surface area contributed by atoms with Crippen molar-refractivity contribution in [3.63, 3.8) is 0 Å². The molecule has 2 N–H and O–H groups in total. The number of carbonyl (C=O) groups is 4. The normalized spacial score (nSPS) is 26.9. The summed E-state index contributed by atoms with van der Waals surface area (Å²) in [5, 5.41) is 6.14. The number of hydrogen-bond donors (Lipinski definition) is 2. The van der Waals surface area contributed by atoms with Crippen LogP contribution in [-0.4, -0.2) is 54.7 Å². The van der Waals surface area contributed by atoms with E-state index in [0.717, 1.165) is 22.3 Å². The lowest BCUT2D eigenvalue weighted by Gasteiger charge is -2.29. The van der Waals surface area contributed by atoms with Gasteiger partial charge in [0.05, 0.1) is 11.5 Å². The van der Waals surface area contributed by atoms with Gasteiger partial charge in [-0.1, -0.05) is 80.4 Å². The zero-order chi connectivity index (χ0) is 34.5. The molecular formula is C37H47ClN2O7. The average molecular weight is 667 g/mol. The third kappa shape index (κ3) is 9.91. The molecule has 6 unspecified atom stereocenters. The highest BCUT2D eigenvalue weighted by Crippen LogP contribution is 2.45. The molecule has 9 nitrogen and oxygen atoms in total. The zero-order valence-corrected chi connectivity index (χ0v) is 29.1. The Bertz CT molecular complexity index is 1500. The number of nitrogens with one attached hydrogen (secondary N) is 2. The molecule has 0 spiro atoms. The van der Waals surface area contributed by atoms with E-state index in [1.165, 1.54) is 6.08 Å². The molecule has 2 aromatic rings. The van der Waals surface area contributed by atoms with E-state index in [-0.39, 0.29) is 49.9 Å². The van der Waals surface area contributed by atoms with Gasteiger partial charge in [-0.15, -0.1) is 0 Å². The summed E-state index contributed by atoms with van der Waals surface area (Å²) in [6.07, 6.45) is 1.47. The molecule has 4 rings (SSSR count). The number of ether oxygens (including phenoxy) is 3. The Morgan fingerprint density at radius 2 is 1.74 bits per heavy atom. The molecule has 0 saturated carbocycles. The van der Waals surface area contributed by atoms with Gasteiger partial charge in [0, 0.05) is 30.3 Å². The van der Waals surface area contributed by atoms with E-state index in [1.54, 1.807) is 26.0 Å². The highest BCUT2D eigenvalue weighted by atomic mass is 35.5. The number of carbonyl (C=O) groups excluding carboxylic acids is 4. The van der Waals surface area contributed by atoms with Gasteiger partial charge in [0.15, 0.2) is 6.10 Å². The van der Waals surface area contributed by atoms with Crippen LogP contribution in [0.5, 0.6) is 0 Å². The second-order valence-corrected chi connectivity index (χ2v) is 14.3. The van der Waals surface area contributed by atoms with Gasteiger partial charge >= 0.3 is 11.9 Å². The molecule has 2 aromatic carbocycles. The molecule has 6 atom stereocenters. The van der Waals surface area contributed by atoms with Crippen molar-refractivity contribution >= 4 is 35.4 Å². The maximum Gasteiger partial charge on any atom is 0.347 e. The van der Waals surface area contributed by atoms with Crippen molar-refractivity contribution in [2.45, 2.75) is 98.2 Å². The van der Waals surface area contributed by atoms with Crippen molar-refractivity contribution in [1.29, 1.82) is 0 Å². The van der Waals surface area contributed by atoms with Crippen molar-refractivity contribution in [1.82, 2.24) is 10.6 Å². The summed E-state index contributed by atoms with van der Waals surface area (Å²) in [4.78, 5) is 53.6. The van der Waals surface area contributed by atoms with Gasteiger partial charge < -0.3 is 24.8 Å². The molecule has 0 aromatic heterocycles. The summed E-state index contributed by atoms with van der Waals surface area (Å²) in [7, 11) is 0. The monoisotopic (exact) mass is 666 g/mol. The fourth-order valence-electron chi connectivity index (χ4n) is 5.60. The Balaban J connectivity index is 1.61. The Kier molecular flexibility index (Phi) is 11.9. The van der Waals surface area contributed by atoms with Crippen LogP contribution < -0.4 is 10.6 Å². The second-order valence-electron chi connectivity index (χ2n) is 13.9. The van der Waals surface area contributed by atoms with Crippen LogP contribution >= 0.6 is 11.6 Å². The lowest BCUT2D eigenvalue weighted by molar-refractivity contribution is -0.179. The molecule has 254 valence electrons. The fraction of sp³-hybridized carbons (Fsp3) is 0.514. The minimum absolute atomic E-state index is 0.0294. The predicted octanol–water partition coefficient (Wildman–Crippen LogP) is 5.73. The minimum Gasteiger partial charge on any atom is -0.459 e. The van der Waals surface area contributed by atoms with E-state index in [2.05, 4.69) is 16.7 Å². The van der Waals surface area contributed by atoms with Crippen molar-refractivity contribution in [2.24, 2.45) is 17.3 Å². The van der Waals surface area contributed by atoms with Crippen molar-refractivity contribution in [2.75, 3.05) is 6.54 Å². The number of halogens is 1. The molecule has 47 heavy (non-hydrogen) atoms. The van der Waals surface area contributed by atoms with Gasteiger partial charge in [-0.2, -0.15) is 0 Å². The maximum atomic E-state index is 13.6. The molecule has 0 radical (unpaired) electrons. The SMILES string of the molecule is Cc1cccc(C2OC2C(C)C2C/C=C/C(=O)NC(Cc3ccc(C)c(Cl)c3)C(=O)NCC(C)(C)C(=O)OC(CC(C)C)C(=O)O2)c1. The van der Waals surface area contributed by atoms with E-state index < -0.39 is 47.4 Å². The molecule has 0 aliphatic carbocycles. The highest BCUT2D eigenvalue weighted by molar-refractivity contribution is 6.31. The van der Waals surface area contributed by atoms with Crippen molar-refractivity contribution < 1.29 is 33.4 Å². The largest absolute Gasteiger partial charge is 0.459 e. The molecule has 0 bridgehead atoms. The van der Waals surface area contributed by atoms with Gasteiger partial charge in [-0.05, 0) is 68.9 Å². The van der Waals surface area contributed by atoms with E-state index >= 15 is 0 Å².